The van der Waals surface area contributed by atoms with Crippen molar-refractivity contribution in [1.82, 2.24) is 0 Å². The smallest absolute Gasteiger partial charge is 0.0159 e. The van der Waals surface area contributed by atoms with E-state index >= 15 is 0 Å². The van der Waals surface area contributed by atoms with E-state index in [4.69, 9.17) is 0 Å². The minimum atomic E-state index is 0.890. The molecular formula is C13H14. The van der Waals surface area contributed by atoms with Crippen LogP contribution in [-0.4, -0.2) is 0 Å². The highest BCUT2D eigenvalue weighted by atomic mass is 14.3. The van der Waals surface area contributed by atoms with Crippen LogP contribution in [0.3, 0.4) is 0 Å². The Kier molecular flexibility index (Phi) is 1.40. The normalized spacial score (nSPS) is 20.5. The summed E-state index contributed by atoms with van der Waals surface area (Å²) in [6.07, 6.45) is 5.23. The maximum absolute atomic E-state index is 4.12. The van der Waals surface area contributed by atoms with Gasteiger partial charge in [-0.05, 0) is 53.9 Å². The van der Waals surface area contributed by atoms with Gasteiger partial charge in [-0.2, -0.15) is 0 Å². The fourth-order valence-corrected chi connectivity index (χ4v) is 2.40. The van der Waals surface area contributed by atoms with Crippen LogP contribution in [0.25, 0.3) is 5.57 Å². The largest absolute Gasteiger partial charge is 0.0952 e. The van der Waals surface area contributed by atoms with Crippen molar-refractivity contribution in [1.29, 1.82) is 0 Å². The Balaban J connectivity index is 2.17. The quantitative estimate of drug-likeness (QED) is 0.605. The van der Waals surface area contributed by atoms with E-state index in [0.717, 1.165) is 5.92 Å². The molecule has 0 bridgehead atoms. The monoisotopic (exact) mass is 170 g/mol. The lowest BCUT2D eigenvalue weighted by molar-refractivity contribution is 1.01. The number of hydrogen-bond donors (Lipinski definition) is 0. The van der Waals surface area contributed by atoms with E-state index in [2.05, 4.69) is 24.8 Å². The molecule has 2 aliphatic rings. The zero-order chi connectivity index (χ0) is 8.84. The molecule has 0 atom stereocenters. The van der Waals surface area contributed by atoms with Crippen LogP contribution in [0.5, 0.6) is 0 Å². The highest BCUT2D eigenvalue weighted by Gasteiger charge is 2.28. The number of rotatable bonds is 1. The minimum absolute atomic E-state index is 0.890. The molecule has 0 nitrogen and oxygen atoms in total. The maximum atomic E-state index is 4.12. The predicted molar refractivity (Wildman–Crippen MR) is 55.8 cm³/mol. The topological polar surface area (TPSA) is 0 Å². The lowest BCUT2D eigenvalue weighted by atomic mass is 9.99. The van der Waals surface area contributed by atoms with E-state index in [9.17, 15) is 0 Å². The van der Waals surface area contributed by atoms with Crippen LogP contribution < -0.4 is 0 Å². The maximum Gasteiger partial charge on any atom is -0.0159 e. The zero-order valence-corrected chi connectivity index (χ0v) is 7.84. The molecule has 0 heteroatoms. The molecule has 13 heavy (non-hydrogen) atoms. The molecular weight excluding hydrogens is 156 g/mol. The second kappa shape index (κ2) is 2.47. The van der Waals surface area contributed by atoms with Crippen LogP contribution in [-0.2, 0) is 6.42 Å². The standard InChI is InChI=1S/C13H14/c1-9-5-8-13-11(9)3-2-4-12(13)10-6-7-10/h2-4,10H,1,5-8H2. The Hall–Kier alpha value is -1.04. The number of hydrogen-bond acceptors (Lipinski definition) is 0. The molecule has 0 radical (unpaired) electrons. The van der Waals surface area contributed by atoms with Crippen LogP contribution in [0.15, 0.2) is 24.8 Å². The van der Waals surface area contributed by atoms with Crippen LogP contribution in [0.2, 0.25) is 0 Å². The second-order valence-electron chi connectivity index (χ2n) is 4.25. The second-order valence-corrected chi connectivity index (χ2v) is 4.25. The Labute approximate surface area is 79.3 Å². The first-order valence-corrected chi connectivity index (χ1v) is 5.16. The molecule has 0 unspecified atom stereocenters. The summed E-state index contributed by atoms with van der Waals surface area (Å²) in [6.45, 7) is 4.12. The van der Waals surface area contributed by atoms with Crippen molar-refractivity contribution >= 4 is 5.57 Å². The first-order valence-electron chi connectivity index (χ1n) is 5.16. The molecule has 1 fully saturated rings. The molecule has 3 rings (SSSR count). The van der Waals surface area contributed by atoms with Gasteiger partial charge in [0, 0.05) is 0 Å². The number of benzene rings is 1. The molecule has 1 aromatic rings. The van der Waals surface area contributed by atoms with Crippen LogP contribution >= 0.6 is 0 Å². The summed E-state index contributed by atoms with van der Waals surface area (Å²) in [7, 11) is 0. The molecule has 0 saturated heterocycles. The van der Waals surface area contributed by atoms with Gasteiger partial charge in [0.05, 0.1) is 0 Å². The third kappa shape index (κ3) is 1.05. The fraction of sp³-hybridized carbons (Fsp3) is 0.385. The van der Waals surface area contributed by atoms with Crippen molar-refractivity contribution in [3.63, 3.8) is 0 Å². The van der Waals surface area contributed by atoms with Crippen molar-refractivity contribution in [3.05, 3.63) is 41.5 Å². The third-order valence-electron chi connectivity index (χ3n) is 3.29. The lowest BCUT2D eigenvalue weighted by Gasteiger charge is -2.06. The summed E-state index contributed by atoms with van der Waals surface area (Å²) < 4.78 is 0. The van der Waals surface area contributed by atoms with Gasteiger partial charge < -0.3 is 0 Å². The zero-order valence-electron chi connectivity index (χ0n) is 7.84. The molecule has 2 aliphatic carbocycles. The van der Waals surface area contributed by atoms with E-state index < -0.39 is 0 Å². The summed E-state index contributed by atoms with van der Waals surface area (Å²) in [4.78, 5) is 0. The lowest BCUT2D eigenvalue weighted by Crippen LogP contribution is -1.89. The van der Waals surface area contributed by atoms with Crippen molar-refractivity contribution in [2.24, 2.45) is 0 Å². The van der Waals surface area contributed by atoms with Crippen LogP contribution in [0, 0.1) is 0 Å². The van der Waals surface area contributed by atoms with E-state index in [1.165, 1.54) is 36.8 Å². The molecule has 0 N–H and O–H groups in total. The molecule has 0 aliphatic heterocycles. The van der Waals surface area contributed by atoms with Crippen molar-refractivity contribution in [2.75, 3.05) is 0 Å². The first-order chi connectivity index (χ1) is 6.36. The highest BCUT2D eigenvalue weighted by Crippen LogP contribution is 2.45. The molecule has 0 heterocycles. The Morgan fingerprint density at radius 1 is 1.15 bits per heavy atom. The Morgan fingerprint density at radius 3 is 2.77 bits per heavy atom. The van der Waals surface area contributed by atoms with Gasteiger partial charge in [-0.25, -0.2) is 0 Å². The van der Waals surface area contributed by atoms with Gasteiger partial charge in [0.25, 0.3) is 0 Å². The summed E-state index contributed by atoms with van der Waals surface area (Å²) in [5.74, 6) is 0.890. The van der Waals surface area contributed by atoms with E-state index in [1.807, 2.05) is 0 Å². The van der Waals surface area contributed by atoms with Crippen molar-refractivity contribution in [2.45, 2.75) is 31.6 Å². The SMILES string of the molecule is C=C1CCc2c1cccc2C1CC1. The van der Waals surface area contributed by atoms with Gasteiger partial charge in [-0.3, -0.25) is 0 Å². The third-order valence-corrected chi connectivity index (χ3v) is 3.29. The highest BCUT2D eigenvalue weighted by molar-refractivity contribution is 5.72. The van der Waals surface area contributed by atoms with Crippen molar-refractivity contribution in [3.8, 4) is 0 Å². The summed E-state index contributed by atoms with van der Waals surface area (Å²) in [6, 6.07) is 6.74. The molecule has 66 valence electrons. The average molecular weight is 170 g/mol. The van der Waals surface area contributed by atoms with E-state index in [-0.39, 0.29) is 0 Å². The summed E-state index contributed by atoms with van der Waals surface area (Å²) >= 11 is 0. The number of allylic oxidation sites excluding steroid dienone is 1. The van der Waals surface area contributed by atoms with E-state index in [1.54, 1.807) is 11.1 Å². The number of fused-ring (bicyclic) bond motifs is 1. The molecule has 0 aromatic heterocycles. The summed E-state index contributed by atoms with van der Waals surface area (Å²) in [5.41, 5.74) is 6.02. The van der Waals surface area contributed by atoms with Crippen molar-refractivity contribution < 1.29 is 0 Å². The Bertz CT molecular complexity index is 370. The predicted octanol–water partition coefficient (Wildman–Crippen LogP) is 3.52. The molecule has 1 aromatic carbocycles. The molecule has 0 amide bonds. The van der Waals surface area contributed by atoms with Crippen LogP contribution in [0.4, 0.5) is 0 Å². The van der Waals surface area contributed by atoms with Crippen LogP contribution in [0.1, 0.15) is 41.9 Å². The minimum Gasteiger partial charge on any atom is -0.0952 e. The first kappa shape index (κ1) is 7.37. The van der Waals surface area contributed by atoms with Gasteiger partial charge in [-0.15, -0.1) is 0 Å². The summed E-state index contributed by atoms with van der Waals surface area (Å²) in [5, 5.41) is 0. The fourth-order valence-electron chi connectivity index (χ4n) is 2.40. The molecule has 0 spiro atoms. The van der Waals surface area contributed by atoms with Gasteiger partial charge >= 0.3 is 0 Å². The van der Waals surface area contributed by atoms with E-state index in [0.29, 0.717) is 0 Å². The average Bonchev–Trinajstić information content (AvgIpc) is 2.92. The van der Waals surface area contributed by atoms with Gasteiger partial charge in [-0.1, -0.05) is 24.8 Å². The Morgan fingerprint density at radius 2 is 2.00 bits per heavy atom. The van der Waals surface area contributed by atoms with Gasteiger partial charge in [0.15, 0.2) is 0 Å². The van der Waals surface area contributed by atoms with Gasteiger partial charge in [0.1, 0.15) is 0 Å². The van der Waals surface area contributed by atoms with Gasteiger partial charge in [0.2, 0.25) is 0 Å². The molecule has 1 saturated carbocycles.